The fraction of sp³-hybridized carbons (Fsp3) is 0.625. The van der Waals surface area contributed by atoms with Gasteiger partial charge in [0.1, 0.15) is 0 Å². The van der Waals surface area contributed by atoms with Gasteiger partial charge in [0.25, 0.3) is 0 Å². The maximum atomic E-state index is 3.57. The average Bonchev–Trinajstić information content (AvgIpc) is 2.98. The third-order valence-electron chi connectivity index (χ3n) is 4.59. The van der Waals surface area contributed by atoms with Gasteiger partial charge in [-0.1, -0.05) is 28.1 Å². The van der Waals surface area contributed by atoms with Crippen molar-refractivity contribution in [3.05, 3.63) is 33.8 Å². The molecule has 0 saturated carbocycles. The van der Waals surface area contributed by atoms with Gasteiger partial charge >= 0.3 is 0 Å². The smallest absolute Gasteiger partial charge is 0.0234 e. The zero-order valence-electron chi connectivity index (χ0n) is 12.2. The van der Waals surface area contributed by atoms with E-state index in [1.807, 2.05) is 0 Å². The highest BCUT2D eigenvalue weighted by molar-refractivity contribution is 9.10. The topological polar surface area (TPSA) is 18.5 Å². The van der Waals surface area contributed by atoms with E-state index in [0.29, 0.717) is 0 Å². The fourth-order valence-corrected chi connectivity index (χ4v) is 3.55. The van der Waals surface area contributed by atoms with Crippen LogP contribution in [0.5, 0.6) is 0 Å². The van der Waals surface area contributed by atoms with Gasteiger partial charge in [0, 0.05) is 49.8 Å². The van der Waals surface area contributed by atoms with Gasteiger partial charge in [-0.3, -0.25) is 9.80 Å². The molecule has 0 aliphatic carbocycles. The van der Waals surface area contributed by atoms with Crippen LogP contribution >= 0.6 is 15.9 Å². The summed E-state index contributed by atoms with van der Waals surface area (Å²) >= 11 is 3.57. The molecule has 0 aromatic heterocycles. The monoisotopic (exact) mass is 337 g/mol. The predicted molar refractivity (Wildman–Crippen MR) is 87.0 cm³/mol. The fourth-order valence-electron chi connectivity index (χ4n) is 3.30. The first-order valence-corrected chi connectivity index (χ1v) is 8.44. The summed E-state index contributed by atoms with van der Waals surface area (Å²) in [5, 5.41) is 3.47. The van der Waals surface area contributed by atoms with E-state index in [1.54, 1.807) is 0 Å². The van der Waals surface area contributed by atoms with Gasteiger partial charge in [0.05, 0.1) is 0 Å². The SMILES string of the molecule is Cc1cc(CN2CCN(C3CCNC3)CC2)ccc1Br. The van der Waals surface area contributed by atoms with Crippen molar-refractivity contribution in [1.82, 2.24) is 15.1 Å². The molecule has 20 heavy (non-hydrogen) atoms. The molecule has 110 valence electrons. The largest absolute Gasteiger partial charge is 0.315 e. The molecule has 1 aromatic carbocycles. The van der Waals surface area contributed by atoms with Crippen molar-refractivity contribution in [3.63, 3.8) is 0 Å². The number of nitrogens with zero attached hydrogens (tertiary/aromatic N) is 2. The molecule has 3 rings (SSSR count). The lowest BCUT2D eigenvalue weighted by Gasteiger charge is -2.37. The number of hydrogen-bond donors (Lipinski definition) is 1. The quantitative estimate of drug-likeness (QED) is 0.912. The lowest BCUT2D eigenvalue weighted by molar-refractivity contribution is 0.0981. The highest BCUT2D eigenvalue weighted by Crippen LogP contribution is 2.19. The van der Waals surface area contributed by atoms with E-state index in [2.05, 4.69) is 56.2 Å². The summed E-state index contributed by atoms with van der Waals surface area (Å²) in [5.74, 6) is 0. The summed E-state index contributed by atoms with van der Waals surface area (Å²) in [5.41, 5.74) is 2.76. The third-order valence-corrected chi connectivity index (χ3v) is 5.48. The lowest BCUT2D eigenvalue weighted by atomic mass is 10.1. The van der Waals surface area contributed by atoms with Crippen LogP contribution in [0, 0.1) is 6.92 Å². The molecule has 2 saturated heterocycles. The van der Waals surface area contributed by atoms with E-state index in [4.69, 9.17) is 0 Å². The summed E-state index contributed by atoms with van der Waals surface area (Å²) in [6.45, 7) is 10.5. The van der Waals surface area contributed by atoms with Crippen LogP contribution in [0.15, 0.2) is 22.7 Å². The molecule has 1 N–H and O–H groups in total. The Bertz CT molecular complexity index is 449. The van der Waals surface area contributed by atoms with Gasteiger partial charge in [-0.15, -0.1) is 0 Å². The van der Waals surface area contributed by atoms with Crippen molar-refractivity contribution >= 4 is 15.9 Å². The van der Waals surface area contributed by atoms with Gasteiger partial charge in [-0.2, -0.15) is 0 Å². The lowest BCUT2D eigenvalue weighted by Crippen LogP contribution is -2.50. The van der Waals surface area contributed by atoms with Crippen LogP contribution in [-0.2, 0) is 6.54 Å². The minimum Gasteiger partial charge on any atom is -0.315 e. The number of benzene rings is 1. The summed E-state index contributed by atoms with van der Waals surface area (Å²) in [6, 6.07) is 7.50. The number of piperazine rings is 1. The minimum atomic E-state index is 0.784. The normalized spacial score (nSPS) is 25.2. The van der Waals surface area contributed by atoms with Crippen LogP contribution in [0.1, 0.15) is 17.5 Å². The standard InChI is InChI=1S/C16H24BrN3/c1-13-10-14(2-3-16(13)17)12-19-6-8-20(9-7-19)15-4-5-18-11-15/h2-3,10,15,18H,4-9,11-12H2,1H3. The molecule has 0 amide bonds. The van der Waals surface area contributed by atoms with Crippen molar-refractivity contribution < 1.29 is 0 Å². The van der Waals surface area contributed by atoms with Crippen molar-refractivity contribution in [3.8, 4) is 0 Å². The summed E-state index contributed by atoms with van der Waals surface area (Å²) in [7, 11) is 0. The van der Waals surface area contributed by atoms with Crippen LogP contribution in [0.2, 0.25) is 0 Å². The maximum absolute atomic E-state index is 3.57. The van der Waals surface area contributed by atoms with E-state index >= 15 is 0 Å². The van der Waals surface area contributed by atoms with Crippen LogP contribution < -0.4 is 5.32 Å². The second kappa shape index (κ2) is 6.56. The van der Waals surface area contributed by atoms with Crippen molar-refractivity contribution in [2.45, 2.75) is 25.9 Å². The molecule has 0 bridgehead atoms. The Hall–Kier alpha value is -0.420. The first-order chi connectivity index (χ1) is 9.72. The molecule has 0 radical (unpaired) electrons. The zero-order chi connectivity index (χ0) is 13.9. The molecule has 3 nitrogen and oxygen atoms in total. The van der Waals surface area contributed by atoms with E-state index < -0.39 is 0 Å². The van der Waals surface area contributed by atoms with E-state index in [9.17, 15) is 0 Å². The molecule has 2 aliphatic rings. The summed E-state index contributed by atoms with van der Waals surface area (Å²) in [6.07, 6.45) is 1.33. The second-order valence-corrected chi connectivity index (χ2v) is 6.90. The number of rotatable bonds is 3. The van der Waals surface area contributed by atoms with E-state index in [0.717, 1.165) is 12.6 Å². The Balaban J connectivity index is 1.51. The number of nitrogens with one attached hydrogen (secondary N) is 1. The molecule has 4 heteroatoms. The van der Waals surface area contributed by atoms with Crippen molar-refractivity contribution in [1.29, 1.82) is 0 Å². The van der Waals surface area contributed by atoms with E-state index in [1.165, 1.54) is 61.3 Å². The molecule has 2 fully saturated rings. The second-order valence-electron chi connectivity index (χ2n) is 6.04. The Morgan fingerprint density at radius 1 is 1.25 bits per heavy atom. The highest BCUT2D eigenvalue weighted by atomic mass is 79.9. The highest BCUT2D eigenvalue weighted by Gasteiger charge is 2.25. The molecule has 2 heterocycles. The molecule has 2 aliphatic heterocycles. The first kappa shape index (κ1) is 14.5. The van der Waals surface area contributed by atoms with Gasteiger partial charge in [0.2, 0.25) is 0 Å². The number of hydrogen-bond acceptors (Lipinski definition) is 3. The van der Waals surface area contributed by atoms with Gasteiger partial charge < -0.3 is 5.32 Å². The van der Waals surface area contributed by atoms with Crippen LogP contribution in [0.25, 0.3) is 0 Å². The Morgan fingerprint density at radius 2 is 2.05 bits per heavy atom. The molecular formula is C16H24BrN3. The minimum absolute atomic E-state index is 0.784. The maximum Gasteiger partial charge on any atom is 0.0234 e. The van der Waals surface area contributed by atoms with Crippen molar-refractivity contribution in [2.75, 3.05) is 39.3 Å². The molecule has 0 spiro atoms. The van der Waals surface area contributed by atoms with Gasteiger partial charge in [-0.25, -0.2) is 0 Å². The molecule has 1 aromatic rings. The number of halogens is 1. The predicted octanol–water partition coefficient (Wildman–Crippen LogP) is 2.24. The van der Waals surface area contributed by atoms with E-state index in [-0.39, 0.29) is 0 Å². The van der Waals surface area contributed by atoms with Gasteiger partial charge in [0.15, 0.2) is 0 Å². The number of aryl methyl sites for hydroxylation is 1. The van der Waals surface area contributed by atoms with Crippen LogP contribution in [0.3, 0.4) is 0 Å². The Labute approximate surface area is 130 Å². The van der Waals surface area contributed by atoms with Crippen molar-refractivity contribution in [2.24, 2.45) is 0 Å². The van der Waals surface area contributed by atoms with Gasteiger partial charge in [-0.05, 0) is 37.1 Å². The zero-order valence-corrected chi connectivity index (χ0v) is 13.8. The summed E-state index contributed by atoms with van der Waals surface area (Å²) < 4.78 is 1.21. The van der Waals surface area contributed by atoms with Crippen LogP contribution in [0.4, 0.5) is 0 Å². The molecule has 1 atom stereocenters. The Morgan fingerprint density at radius 3 is 2.70 bits per heavy atom. The molecular weight excluding hydrogens is 314 g/mol. The first-order valence-electron chi connectivity index (χ1n) is 7.64. The summed E-state index contributed by atoms with van der Waals surface area (Å²) in [4.78, 5) is 5.25. The third kappa shape index (κ3) is 3.42. The Kier molecular flexibility index (Phi) is 4.76. The van der Waals surface area contributed by atoms with Crippen LogP contribution in [-0.4, -0.2) is 55.1 Å². The average molecular weight is 338 g/mol. The molecule has 1 unspecified atom stereocenters.